The van der Waals surface area contributed by atoms with Crippen molar-refractivity contribution in [3.05, 3.63) is 52.7 Å². The van der Waals surface area contributed by atoms with Crippen LogP contribution in [0.4, 0.5) is 5.82 Å². The van der Waals surface area contributed by atoms with E-state index in [1.807, 2.05) is 30.3 Å². The lowest BCUT2D eigenvalue weighted by Crippen LogP contribution is -2.33. The van der Waals surface area contributed by atoms with Gasteiger partial charge in [0.05, 0.1) is 19.5 Å². The summed E-state index contributed by atoms with van der Waals surface area (Å²) in [6, 6.07) is 9.20. The van der Waals surface area contributed by atoms with Gasteiger partial charge in [-0.15, -0.1) is 11.3 Å². The van der Waals surface area contributed by atoms with Gasteiger partial charge in [-0.3, -0.25) is 18.4 Å². The van der Waals surface area contributed by atoms with E-state index in [0.717, 1.165) is 16.9 Å². The van der Waals surface area contributed by atoms with Crippen molar-refractivity contribution >= 4 is 49.9 Å². The van der Waals surface area contributed by atoms with Gasteiger partial charge in [-0.25, -0.2) is 29.1 Å². The molecule has 0 spiro atoms. The summed E-state index contributed by atoms with van der Waals surface area (Å²) in [4.78, 5) is 50.4. The Bertz CT molecular complexity index is 2210. The highest BCUT2D eigenvalue weighted by atomic mass is 32.1. The minimum absolute atomic E-state index is 0.0298. The predicted molar refractivity (Wildman–Crippen MR) is 188 cm³/mol. The Morgan fingerprint density at radius 2 is 1.49 bits per heavy atom. The summed E-state index contributed by atoms with van der Waals surface area (Å²) in [6.45, 7) is 5.45. The molecule has 3 aromatic heterocycles. The van der Waals surface area contributed by atoms with E-state index in [1.165, 1.54) is 11.7 Å². The number of nitrogens with zero attached hydrogens (tertiary/aromatic N) is 5. The molecule has 0 aliphatic carbocycles. The lowest BCUT2D eigenvalue weighted by molar-refractivity contribution is -0.199. The van der Waals surface area contributed by atoms with Gasteiger partial charge in [-0.2, -0.15) is 4.31 Å². The molecule has 0 bridgehead atoms. The number of fused-ring (bicyclic) bond motifs is 3. The van der Waals surface area contributed by atoms with Gasteiger partial charge < -0.3 is 49.7 Å². The van der Waals surface area contributed by atoms with Crippen molar-refractivity contribution in [1.29, 1.82) is 0 Å². The second-order valence-corrected chi connectivity index (χ2v) is 17.9. The van der Waals surface area contributed by atoms with Gasteiger partial charge in [0.15, 0.2) is 35.1 Å². The number of carbonyl (C=O) groups is 1. The van der Waals surface area contributed by atoms with E-state index in [2.05, 4.69) is 19.3 Å². The van der Waals surface area contributed by atoms with Gasteiger partial charge in [-0.05, 0) is 27.7 Å². The molecule has 55 heavy (non-hydrogen) atoms. The van der Waals surface area contributed by atoms with Crippen LogP contribution in [0.1, 0.15) is 55.5 Å². The third kappa shape index (κ3) is 7.73. The fourth-order valence-corrected chi connectivity index (χ4v) is 9.88. The third-order valence-electron chi connectivity index (χ3n) is 9.06. The third-order valence-corrected chi connectivity index (χ3v) is 12.6. The van der Waals surface area contributed by atoms with Crippen LogP contribution in [0.25, 0.3) is 22.6 Å². The van der Waals surface area contributed by atoms with Crippen molar-refractivity contribution in [3.8, 4) is 11.4 Å². The highest BCUT2D eigenvalue weighted by Gasteiger charge is 2.58. The molecule has 24 heteroatoms. The molecule has 21 nitrogen and oxygen atoms in total. The molecule has 6 N–H and O–H groups in total. The molecule has 4 saturated heterocycles. The monoisotopic (exact) mass is 825 g/mol. The summed E-state index contributed by atoms with van der Waals surface area (Å²) < 4.78 is 79.0. The topological polar surface area (TPSA) is 283 Å². The number of benzene rings is 1. The highest BCUT2D eigenvalue weighted by Crippen LogP contribution is 2.61. The Morgan fingerprint density at radius 3 is 2.13 bits per heavy atom. The summed E-state index contributed by atoms with van der Waals surface area (Å²) in [5.74, 6) is -2.39. The Hall–Kier alpha value is -3.31. The number of anilines is 1. The average molecular weight is 826 g/mol. The number of amides is 1. The largest absolute Gasteiger partial charge is 0.481 e. The smallest absolute Gasteiger partial charge is 0.382 e. The van der Waals surface area contributed by atoms with E-state index in [-0.39, 0.29) is 11.5 Å². The zero-order valence-electron chi connectivity index (χ0n) is 29.6. The van der Waals surface area contributed by atoms with Crippen LogP contribution in [0.15, 0.2) is 42.0 Å². The fourth-order valence-electron chi connectivity index (χ4n) is 6.92. The molecule has 4 aliphatic rings. The van der Waals surface area contributed by atoms with Crippen LogP contribution >= 0.6 is 27.0 Å². The zero-order chi connectivity index (χ0) is 39.1. The summed E-state index contributed by atoms with van der Waals surface area (Å²) in [5, 5.41) is 1.82. The maximum absolute atomic E-state index is 13.1. The molecule has 10 atom stereocenters. The number of rotatable bonds is 12. The van der Waals surface area contributed by atoms with Crippen LogP contribution in [0.3, 0.4) is 0 Å². The number of ether oxygens (including phenoxy) is 6. The maximum atomic E-state index is 13.1. The Morgan fingerprint density at radius 1 is 0.891 bits per heavy atom. The fraction of sp³-hybridized carbons (Fsp3) is 0.516. The number of phosphoric acid groups is 2. The van der Waals surface area contributed by atoms with E-state index in [4.69, 9.17) is 53.9 Å². The van der Waals surface area contributed by atoms with Crippen LogP contribution in [0.2, 0.25) is 0 Å². The summed E-state index contributed by atoms with van der Waals surface area (Å²) >= 11 is 1.11. The molecular formula is C31H37N7O14P2S. The number of aromatic nitrogens is 5. The molecular weight excluding hydrogens is 788 g/mol. The number of nitrogens with two attached hydrogens (primary N) is 2. The molecule has 2 unspecified atom stereocenters. The van der Waals surface area contributed by atoms with Crippen molar-refractivity contribution < 1.29 is 65.5 Å². The molecule has 1 amide bonds. The van der Waals surface area contributed by atoms with Gasteiger partial charge in [-0.1, -0.05) is 30.3 Å². The Labute approximate surface area is 316 Å². The normalized spacial score (nSPS) is 31.6. The number of primary amides is 1. The molecule has 0 radical (unpaired) electrons. The van der Waals surface area contributed by atoms with E-state index in [0.29, 0.717) is 22.0 Å². The minimum Gasteiger partial charge on any atom is -0.382 e. The summed E-state index contributed by atoms with van der Waals surface area (Å²) in [6.07, 6.45) is -5.53. The van der Waals surface area contributed by atoms with Gasteiger partial charge in [0.25, 0.3) is 5.91 Å². The van der Waals surface area contributed by atoms with E-state index < -0.39 is 95.3 Å². The van der Waals surface area contributed by atoms with E-state index in [9.17, 15) is 23.7 Å². The number of phosphoric ester groups is 2. The number of thiazole rings is 1. The Balaban J connectivity index is 0.937. The molecule has 4 aromatic rings. The van der Waals surface area contributed by atoms with Gasteiger partial charge >= 0.3 is 15.6 Å². The molecule has 4 fully saturated rings. The summed E-state index contributed by atoms with van der Waals surface area (Å²) in [5.41, 5.74) is 13.0. The summed E-state index contributed by atoms with van der Waals surface area (Å²) in [7, 11) is -10.6. The molecule has 296 valence electrons. The van der Waals surface area contributed by atoms with Crippen molar-refractivity contribution in [3.63, 3.8) is 0 Å². The van der Waals surface area contributed by atoms with E-state index in [1.54, 1.807) is 32.3 Å². The van der Waals surface area contributed by atoms with Crippen molar-refractivity contribution in [2.75, 3.05) is 18.9 Å². The zero-order valence-corrected chi connectivity index (χ0v) is 32.2. The first-order chi connectivity index (χ1) is 25.9. The van der Waals surface area contributed by atoms with Crippen LogP contribution in [0.5, 0.6) is 0 Å². The number of hydrogen-bond acceptors (Lipinski definition) is 18. The number of nitrogen functional groups attached to an aromatic ring is 1. The quantitative estimate of drug-likeness (QED) is 0.149. The lowest BCUT2D eigenvalue weighted by atomic mass is 10.1. The minimum atomic E-state index is -5.29. The van der Waals surface area contributed by atoms with Crippen LogP contribution < -0.4 is 11.5 Å². The first-order valence-electron chi connectivity index (χ1n) is 16.9. The lowest BCUT2D eigenvalue weighted by Gasteiger charge is -2.25. The van der Waals surface area contributed by atoms with E-state index >= 15 is 0 Å². The molecule has 7 heterocycles. The highest BCUT2D eigenvalue weighted by molar-refractivity contribution is 7.61. The van der Waals surface area contributed by atoms with Gasteiger partial charge in [0.2, 0.25) is 0 Å². The maximum Gasteiger partial charge on any atom is 0.481 e. The predicted octanol–water partition coefficient (Wildman–Crippen LogP) is 2.96. The second-order valence-electron chi connectivity index (χ2n) is 14.0. The number of hydrogen-bond donors (Lipinski definition) is 4. The van der Waals surface area contributed by atoms with Crippen LogP contribution in [-0.4, -0.2) is 102 Å². The molecule has 8 rings (SSSR count). The second kappa shape index (κ2) is 14.0. The standard InChI is InChI=1S/C31H37N7O14P2S/c1-30(2)48-19-16(46-22(21(19)50-30)28-35-15(12-55-28)25(33)39)10-44-53(40,41)52-54(42,43)45-11-17-20-23(51-31(3,4)49-20)29(47-17)38-13-34-18-24(32)36-26(37-27(18)38)14-8-6-5-7-9-14/h5-9,12-13,16-17,19-23,29H,10-11H2,1-4H3,(H2,33,39)(H,40,41)(H,42,43)(H2,32,36,37)/t16-,17-,19-,20-,21-,22-,23-,29-/m1/s1. The molecule has 0 saturated carbocycles. The van der Waals surface area contributed by atoms with Crippen LogP contribution in [0, 0.1) is 0 Å². The van der Waals surface area contributed by atoms with Crippen molar-refractivity contribution in [1.82, 2.24) is 24.5 Å². The van der Waals surface area contributed by atoms with Gasteiger partial charge in [0, 0.05) is 10.9 Å². The van der Waals surface area contributed by atoms with Crippen LogP contribution in [-0.2, 0) is 50.9 Å². The average Bonchev–Trinajstić information content (AvgIpc) is 3.94. The van der Waals surface area contributed by atoms with Gasteiger partial charge in [0.1, 0.15) is 58.9 Å². The first-order valence-corrected chi connectivity index (χ1v) is 20.7. The first kappa shape index (κ1) is 38.6. The molecule has 1 aromatic carbocycles. The number of imidazole rings is 1. The molecule has 4 aliphatic heterocycles. The van der Waals surface area contributed by atoms with Crippen molar-refractivity contribution in [2.45, 2.75) is 88.2 Å². The van der Waals surface area contributed by atoms with Crippen molar-refractivity contribution in [2.24, 2.45) is 5.73 Å². The number of carbonyl (C=O) groups excluding carboxylic acids is 1. The SMILES string of the molecule is CC1(C)O[C@@H]2[C@H](O1)[C@@H](COP(=O)(O)OP(=O)(O)OC[C@H]1O[C@@H](c3nc(C(N)=O)cs3)[C@@H]3OC(C)(C)O[C@@H]31)O[C@H]2n1cnc2c(N)nc(-c3ccccc3)nc21. The Kier molecular flexibility index (Phi) is 9.79.